The fourth-order valence-electron chi connectivity index (χ4n) is 1.69. The lowest BCUT2D eigenvalue weighted by molar-refractivity contribution is 0.157. The van der Waals surface area contributed by atoms with Crippen molar-refractivity contribution >= 4 is 0 Å². The molecule has 1 unspecified atom stereocenters. The highest BCUT2D eigenvalue weighted by Gasteiger charge is 2.16. The van der Waals surface area contributed by atoms with Gasteiger partial charge in [-0.05, 0) is 31.4 Å². The van der Waals surface area contributed by atoms with Crippen LogP contribution in [0.4, 0.5) is 0 Å². The Hall–Kier alpha value is -0.890. The summed E-state index contributed by atoms with van der Waals surface area (Å²) in [6.45, 7) is 1.99. The Morgan fingerprint density at radius 3 is 3.17 bits per heavy atom. The van der Waals surface area contributed by atoms with E-state index >= 15 is 0 Å². The number of nitrogens with zero attached hydrogens (tertiary/aromatic N) is 1. The van der Waals surface area contributed by atoms with E-state index in [9.17, 15) is 5.11 Å². The summed E-state index contributed by atoms with van der Waals surface area (Å²) in [6, 6.07) is 4.17. The van der Waals surface area contributed by atoms with Gasteiger partial charge in [0.1, 0.15) is 0 Å². The van der Waals surface area contributed by atoms with Gasteiger partial charge in [0.05, 0.1) is 6.10 Å². The summed E-state index contributed by atoms with van der Waals surface area (Å²) in [5.41, 5.74) is 3.45. The molecule has 2 rings (SSSR count). The molecule has 0 fully saturated rings. The number of aliphatic hydroxyl groups excluding tert-OH is 1. The van der Waals surface area contributed by atoms with E-state index in [0.29, 0.717) is 0 Å². The van der Waals surface area contributed by atoms with Crippen LogP contribution in [0.2, 0.25) is 0 Å². The normalized spacial score (nSPS) is 22.0. The molecule has 12 heavy (non-hydrogen) atoms. The van der Waals surface area contributed by atoms with Gasteiger partial charge in [-0.3, -0.25) is 4.98 Å². The second-order valence-corrected chi connectivity index (χ2v) is 3.46. The molecule has 0 spiro atoms. The molecule has 64 valence electrons. The summed E-state index contributed by atoms with van der Waals surface area (Å²) in [5, 5.41) is 9.41. The Morgan fingerprint density at radius 1 is 1.50 bits per heavy atom. The molecule has 1 heterocycles. The molecule has 1 aliphatic carbocycles. The van der Waals surface area contributed by atoms with Crippen molar-refractivity contribution in [2.75, 3.05) is 0 Å². The minimum Gasteiger partial charge on any atom is -0.393 e. The maximum Gasteiger partial charge on any atom is 0.0598 e. The van der Waals surface area contributed by atoms with Gasteiger partial charge in [-0.25, -0.2) is 0 Å². The van der Waals surface area contributed by atoms with E-state index in [0.717, 1.165) is 30.7 Å². The predicted molar refractivity (Wildman–Crippen MR) is 47.0 cm³/mol. The van der Waals surface area contributed by atoms with Crippen molar-refractivity contribution < 1.29 is 5.11 Å². The largest absolute Gasteiger partial charge is 0.393 e. The van der Waals surface area contributed by atoms with Crippen molar-refractivity contribution in [1.82, 2.24) is 4.98 Å². The maximum absolute atomic E-state index is 9.41. The molecule has 0 aromatic carbocycles. The molecular weight excluding hydrogens is 150 g/mol. The summed E-state index contributed by atoms with van der Waals surface area (Å²) >= 11 is 0. The second-order valence-electron chi connectivity index (χ2n) is 3.46. The van der Waals surface area contributed by atoms with E-state index in [4.69, 9.17) is 0 Å². The van der Waals surface area contributed by atoms with Crippen LogP contribution >= 0.6 is 0 Å². The number of pyridine rings is 1. The molecule has 1 aromatic heterocycles. The topological polar surface area (TPSA) is 33.1 Å². The quantitative estimate of drug-likeness (QED) is 0.624. The van der Waals surface area contributed by atoms with E-state index in [1.807, 2.05) is 13.0 Å². The van der Waals surface area contributed by atoms with Crippen LogP contribution in [-0.4, -0.2) is 16.2 Å². The molecule has 1 aliphatic rings. The Morgan fingerprint density at radius 2 is 2.33 bits per heavy atom. The fourth-order valence-corrected chi connectivity index (χ4v) is 1.69. The van der Waals surface area contributed by atoms with Crippen molar-refractivity contribution in [2.45, 2.75) is 32.3 Å². The molecule has 0 amide bonds. The van der Waals surface area contributed by atoms with Crippen LogP contribution in [0.25, 0.3) is 0 Å². The lowest BCUT2D eigenvalue weighted by Crippen LogP contribution is -2.19. The number of aromatic nitrogens is 1. The number of rotatable bonds is 0. The van der Waals surface area contributed by atoms with Gasteiger partial charge in [-0.15, -0.1) is 0 Å². The molecule has 0 saturated heterocycles. The first-order valence-corrected chi connectivity index (χ1v) is 4.39. The molecule has 0 aliphatic heterocycles. The standard InChI is InChI=1S/C10H13NO/c1-7-2-3-8-4-5-9(12)6-10(8)11-7/h2-3,9,12H,4-6H2,1H3. The van der Waals surface area contributed by atoms with E-state index < -0.39 is 0 Å². The van der Waals surface area contributed by atoms with E-state index in [2.05, 4.69) is 11.1 Å². The third-order valence-corrected chi connectivity index (χ3v) is 2.38. The first kappa shape index (κ1) is 7.74. The Balaban J connectivity index is 2.37. The van der Waals surface area contributed by atoms with Crippen molar-refractivity contribution in [3.05, 3.63) is 29.1 Å². The molecule has 0 saturated carbocycles. The van der Waals surface area contributed by atoms with Gasteiger partial charge in [0, 0.05) is 17.8 Å². The zero-order valence-electron chi connectivity index (χ0n) is 7.25. The van der Waals surface area contributed by atoms with Gasteiger partial charge in [0.2, 0.25) is 0 Å². The smallest absolute Gasteiger partial charge is 0.0598 e. The summed E-state index contributed by atoms with van der Waals surface area (Å²) in [7, 11) is 0. The van der Waals surface area contributed by atoms with E-state index in [1.54, 1.807) is 0 Å². The number of aliphatic hydroxyl groups is 1. The number of hydrogen-bond donors (Lipinski definition) is 1. The lowest BCUT2D eigenvalue weighted by Gasteiger charge is -2.19. The molecule has 0 radical (unpaired) electrons. The van der Waals surface area contributed by atoms with Gasteiger partial charge < -0.3 is 5.11 Å². The first-order valence-electron chi connectivity index (χ1n) is 4.39. The molecule has 1 atom stereocenters. The zero-order chi connectivity index (χ0) is 8.55. The summed E-state index contributed by atoms with van der Waals surface area (Å²) in [6.07, 6.45) is 2.42. The predicted octanol–water partition coefficient (Wildman–Crippen LogP) is 1.24. The highest BCUT2D eigenvalue weighted by atomic mass is 16.3. The van der Waals surface area contributed by atoms with Crippen molar-refractivity contribution in [2.24, 2.45) is 0 Å². The zero-order valence-corrected chi connectivity index (χ0v) is 7.25. The summed E-state index contributed by atoms with van der Waals surface area (Å²) in [5.74, 6) is 0. The molecule has 0 bridgehead atoms. The molecule has 2 nitrogen and oxygen atoms in total. The monoisotopic (exact) mass is 163 g/mol. The van der Waals surface area contributed by atoms with Crippen molar-refractivity contribution in [3.63, 3.8) is 0 Å². The van der Waals surface area contributed by atoms with Crippen LogP contribution in [0.15, 0.2) is 12.1 Å². The SMILES string of the molecule is Cc1ccc2c(n1)CC(O)CC2. The number of hydrogen-bond acceptors (Lipinski definition) is 2. The van der Waals surface area contributed by atoms with Gasteiger partial charge in [0.25, 0.3) is 0 Å². The van der Waals surface area contributed by atoms with E-state index in [1.165, 1.54) is 5.56 Å². The fraction of sp³-hybridized carbons (Fsp3) is 0.500. The van der Waals surface area contributed by atoms with Gasteiger partial charge in [-0.2, -0.15) is 0 Å². The molecule has 1 aromatic rings. The lowest BCUT2D eigenvalue weighted by atomic mass is 9.94. The maximum atomic E-state index is 9.41. The van der Waals surface area contributed by atoms with Crippen LogP contribution in [0.1, 0.15) is 23.4 Å². The van der Waals surface area contributed by atoms with E-state index in [-0.39, 0.29) is 6.10 Å². The third kappa shape index (κ3) is 1.34. The first-order chi connectivity index (χ1) is 5.75. The molecule has 2 heteroatoms. The minimum atomic E-state index is -0.174. The van der Waals surface area contributed by atoms with Gasteiger partial charge in [-0.1, -0.05) is 6.07 Å². The molecular formula is C10H13NO. The Labute approximate surface area is 72.3 Å². The third-order valence-electron chi connectivity index (χ3n) is 2.38. The second kappa shape index (κ2) is 2.87. The van der Waals surface area contributed by atoms with Crippen LogP contribution in [-0.2, 0) is 12.8 Å². The van der Waals surface area contributed by atoms with Crippen molar-refractivity contribution in [1.29, 1.82) is 0 Å². The van der Waals surface area contributed by atoms with Crippen LogP contribution in [0.5, 0.6) is 0 Å². The Bertz CT molecular complexity index is 296. The average Bonchev–Trinajstić information content (AvgIpc) is 2.03. The highest BCUT2D eigenvalue weighted by Crippen LogP contribution is 2.19. The van der Waals surface area contributed by atoms with Crippen LogP contribution in [0.3, 0.4) is 0 Å². The highest BCUT2D eigenvalue weighted by molar-refractivity contribution is 5.25. The summed E-state index contributed by atoms with van der Waals surface area (Å²) in [4.78, 5) is 4.40. The van der Waals surface area contributed by atoms with Crippen LogP contribution < -0.4 is 0 Å². The minimum absolute atomic E-state index is 0.174. The van der Waals surface area contributed by atoms with Crippen molar-refractivity contribution in [3.8, 4) is 0 Å². The van der Waals surface area contributed by atoms with Crippen LogP contribution in [0, 0.1) is 6.92 Å². The van der Waals surface area contributed by atoms with Gasteiger partial charge >= 0.3 is 0 Å². The number of fused-ring (bicyclic) bond motifs is 1. The van der Waals surface area contributed by atoms with Gasteiger partial charge in [0.15, 0.2) is 0 Å². The average molecular weight is 163 g/mol. The number of aryl methyl sites for hydroxylation is 2. The summed E-state index contributed by atoms with van der Waals surface area (Å²) < 4.78 is 0. The Kier molecular flexibility index (Phi) is 1.85. The molecule has 1 N–H and O–H groups in total.